The average molecular weight is 271 g/mol. The quantitative estimate of drug-likeness (QED) is 0.859. The molecule has 1 aromatic rings. The highest BCUT2D eigenvalue weighted by molar-refractivity contribution is 7.92. The van der Waals surface area contributed by atoms with E-state index >= 15 is 0 Å². The summed E-state index contributed by atoms with van der Waals surface area (Å²) in [6.45, 7) is 5.81. The molecule has 0 heterocycles. The number of benzene rings is 1. The highest BCUT2D eigenvalue weighted by atomic mass is 32.2. The van der Waals surface area contributed by atoms with Gasteiger partial charge in [0.05, 0.1) is 11.4 Å². The third-order valence-electron chi connectivity index (χ3n) is 3.06. The lowest BCUT2D eigenvalue weighted by atomic mass is 10.1. The minimum atomic E-state index is -3.30. The maximum absolute atomic E-state index is 12.1. The third-order valence-corrected chi connectivity index (χ3v) is 4.85. The Labute approximate surface area is 109 Å². The molecule has 0 amide bonds. The number of sulfonamides is 1. The predicted octanol–water partition coefficient (Wildman–Crippen LogP) is 1.84. The van der Waals surface area contributed by atoms with E-state index in [1.807, 2.05) is 32.0 Å². The van der Waals surface area contributed by atoms with E-state index in [0.29, 0.717) is 18.7 Å². The zero-order valence-corrected chi connectivity index (χ0v) is 12.0. The first-order valence-electron chi connectivity index (χ1n) is 6.11. The first kappa shape index (κ1) is 15.0. The van der Waals surface area contributed by atoms with E-state index < -0.39 is 10.0 Å². The first-order chi connectivity index (χ1) is 8.44. The number of hydrogen-bond acceptors (Lipinski definition) is 3. The summed E-state index contributed by atoms with van der Waals surface area (Å²) in [5.74, 6) is 0.0613. The SMILES string of the molecule is CCS(=O)(=O)N(CCCO)c1cccc(C)c1C. The second kappa shape index (κ2) is 6.20. The number of aliphatic hydroxyl groups excluding tert-OH is 1. The lowest BCUT2D eigenvalue weighted by Crippen LogP contribution is -2.34. The summed E-state index contributed by atoms with van der Waals surface area (Å²) in [4.78, 5) is 0. The van der Waals surface area contributed by atoms with Crippen LogP contribution in [0.25, 0.3) is 0 Å². The average Bonchev–Trinajstić information content (AvgIpc) is 2.34. The summed E-state index contributed by atoms with van der Waals surface area (Å²) in [7, 11) is -3.30. The van der Waals surface area contributed by atoms with Crippen molar-refractivity contribution in [1.82, 2.24) is 0 Å². The maximum Gasteiger partial charge on any atom is 0.234 e. The fourth-order valence-corrected chi connectivity index (χ4v) is 3.00. The largest absolute Gasteiger partial charge is 0.396 e. The van der Waals surface area contributed by atoms with E-state index in [-0.39, 0.29) is 12.4 Å². The van der Waals surface area contributed by atoms with Crippen LogP contribution in [0, 0.1) is 13.8 Å². The van der Waals surface area contributed by atoms with Crippen LogP contribution in [0.1, 0.15) is 24.5 Å². The number of hydrogen-bond donors (Lipinski definition) is 1. The second-order valence-corrected chi connectivity index (χ2v) is 6.45. The van der Waals surface area contributed by atoms with Gasteiger partial charge in [0.2, 0.25) is 10.0 Å². The van der Waals surface area contributed by atoms with Gasteiger partial charge in [-0.05, 0) is 44.4 Å². The van der Waals surface area contributed by atoms with Crippen molar-refractivity contribution in [2.24, 2.45) is 0 Å². The molecule has 0 aliphatic rings. The van der Waals surface area contributed by atoms with Crippen molar-refractivity contribution in [1.29, 1.82) is 0 Å². The molecule has 1 rings (SSSR count). The molecule has 0 unspecified atom stereocenters. The normalized spacial score (nSPS) is 11.6. The van der Waals surface area contributed by atoms with Crippen molar-refractivity contribution < 1.29 is 13.5 Å². The van der Waals surface area contributed by atoms with E-state index in [4.69, 9.17) is 5.11 Å². The molecule has 0 saturated heterocycles. The van der Waals surface area contributed by atoms with Gasteiger partial charge < -0.3 is 5.11 Å². The summed E-state index contributed by atoms with van der Waals surface area (Å²) >= 11 is 0. The molecule has 102 valence electrons. The van der Waals surface area contributed by atoms with Crippen molar-refractivity contribution in [3.63, 3.8) is 0 Å². The highest BCUT2D eigenvalue weighted by Crippen LogP contribution is 2.25. The Morgan fingerprint density at radius 3 is 2.50 bits per heavy atom. The standard InChI is InChI=1S/C13H21NO3S/c1-4-18(16,17)14(9-6-10-15)13-8-5-7-11(2)12(13)3/h5,7-8,15H,4,6,9-10H2,1-3H3. The molecule has 0 radical (unpaired) electrons. The summed E-state index contributed by atoms with van der Waals surface area (Å²) in [6, 6.07) is 5.63. The van der Waals surface area contributed by atoms with Crippen molar-refractivity contribution in [2.75, 3.05) is 23.2 Å². The monoisotopic (exact) mass is 271 g/mol. The van der Waals surface area contributed by atoms with Crippen LogP contribution in [0.3, 0.4) is 0 Å². The minimum absolute atomic E-state index is 0.0133. The number of aliphatic hydroxyl groups is 1. The van der Waals surface area contributed by atoms with Gasteiger partial charge in [0.25, 0.3) is 0 Å². The zero-order chi connectivity index (χ0) is 13.8. The lowest BCUT2D eigenvalue weighted by molar-refractivity contribution is 0.291. The van der Waals surface area contributed by atoms with Gasteiger partial charge in [-0.3, -0.25) is 4.31 Å². The van der Waals surface area contributed by atoms with E-state index in [1.165, 1.54) is 4.31 Å². The number of rotatable bonds is 6. The van der Waals surface area contributed by atoms with Crippen molar-refractivity contribution in [3.05, 3.63) is 29.3 Å². The molecule has 0 bridgehead atoms. The van der Waals surface area contributed by atoms with E-state index in [2.05, 4.69) is 0 Å². The molecule has 0 fully saturated rings. The van der Waals surface area contributed by atoms with Crippen LogP contribution in [0.15, 0.2) is 18.2 Å². The van der Waals surface area contributed by atoms with Gasteiger partial charge in [0.1, 0.15) is 0 Å². The van der Waals surface area contributed by atoms with Gasteiger partial charge in [-0.1, -0.05) is 12.1 Å². The zero-order valence-electron chi connectivity index (χ0n) is 11.2. The van der Waals surface area contributed by atoms with E-state index in [0.717, 1.165) is 11.1 Å². The Morgan fingerprint density at radius 1 is 1.28 bits per heavy atom. The summed E-state index contributed by atoms with van der Waals surface area (Å²) < 4.78 is 25.6. The summed E-state index contributed by atoms with van der Waals surface area (Å²) in [6.07, 6.45) is 0.437. The predicted molar refractivity (Wildman–Crippen MR) is 74.4 cm³/mol. The fraction of sp³-hybridized carbons (Fsp3) is 0.538. The van der Waals surface area contributed by atoms with Gasteiger partial charge in [0, 0.05) is 13.2 Å². The first-order valence-corrected chi connectivity index (χ1v) is 7.72. The van der Waals surface area contributed by atoms with Crippen molar-refractivity contribution in [3.8, 4) is 0 Å². The van der Waals surface area contributed by atoms with Gasteiger partial charge in [0.15, 0.2) is 0 Å². The molecule has 1 N–H and O–H groups in total. The molecule has 18 heavy (non-hydrogen) atoms. The van der Waals surface area contributed by atoms with Crippen LogP contribution in [-0.2, 0) is 10.0 Å². The molecular formula is C13H21NO3S. The maximum atomic E-state index is 12.1. The molecule has 1 aromatic carbocycles. The Bertz CT molecular complexity index is 497. The van der Waals surface area contributed by atoms with Crippen molar-refractivity contribution >= 4 is 15.7 Å². The summed E-state index contributed by atoms with van der Waals surface area (Å²) in [5.41, 5.74) is 2.74. The third kappa shape index (κ3) is 3.23. The topological polar surface area (TPSA) is 57.6 Å². The molecule has 0 aromatic heterocycles. The lowest BCUT2D eigenvalue weighted by Gasteiger charge is -2.25. The second-order valence-electron chi connectivity index (χ2n) is 4.27. The van der Waals surface area contributed by atoms with Crippen molar-refractivity contribution in [2.45, 2.75) is 27.2 Å². The fourth-order valence-electron chi connectivity index (χ4n) is 1.79. The van der Waals surface area contributed by atoms with Crippen LogP contribution in [0.4, 0.5) is 5.69 Å². The molecule has 0 aliphatic heterocycles. The van der Waals surface area contributed by atoms with Crippen LogP contribution in [-0.4, -0.2) is 32.4 Å². The number of nitrogens with zero attached hydrogens (tertiary/aromatic N) is 1. The Balaban J connectivity index is 3.22. The van der Waals surface area contributed by atoms with E-state index in [1.54, 1.807) is 6.92 Å². The Kier molecular flexibility index (Phi) is 5.16. The van der Waals surface area contributed by atoms with Crippen LogP contribution >= 0.6 is 0 Å². The van der Waals surface area contributed by atoms with Gasteiger partial charge >= 0.3 is 0 Å². The molecular weight excluding hydrogens is 250 g/mol. The smallest absolute Gasteiger partial charge is 0.234 e. The molecule has 0 spiro atoms. The summed E-state index contributed by atoms with van der Waals surface area (Å²) in [5, 5.41) is 8.90. The van der Waals surface area contributed by atoms with Gasteiger partial charge in [-0.2, -0.15) is 0 Å². The van der Waals surface area contributed by atoms with Crippen LogP contribution in [0.2, 0.25) is 0 Å². The molecule has 5 heteroatoms. The Hall–Kier alpha value is -1.07. The van der Waals surface area contributed by atoms with E-state index in [9.17, 15) is 8.42 Å². The van der Waals surface area contributed by atoms with Crippen LogP contribution in [0.5, 0.6) is 0 Å². The minimum Gasteiger partial charge on any atom is -0.396 e. The molecule has 0 atom stereocenters. The van der Waals surface area contributed by atoms with Crippen LogP contribution < -0.4 is 4.31 Å². The van der Waals surface area contributed by atoms with Gasteiger partial charge in [-0.25, -0.2) is 8.42 Å². The number of anilines is 1. The molecule has 0 aliphatic carbocycles. The van der Waals surface area contributed by atoms with Gasteiger partial charge in [-0.15, -0.1) is 0 Å². The molecule has 4 nitrogen and oxygen atoms in total. The number of aryl methyl sites for hydroxylation is 1. The Morgan fingerprint density at radius 2 is 1.94 bits per heavy atom. The highest BCUT2D eigenvalue weighted by Gasteiger charge is 2.21. The molecule has 0 saturated carbocycles.